The van der Waals surface area contributed by atoms with E-state index in [1.54, 1.807) is 0 Å². The number of aromatic nitrogens is 1. The number of aryl methyl sites for hydroxylation is 2. The summed E-state index contributed by atoms with van der Waals surface area (Å²) >= 11 is 0. The highest BCUT2D eigenvalue weighted by Gasteiger charge is 2.29. The van der Waals surface area contributed by atoms with Crippen LogP contribution in [0.2, 0.25) is 0 Å². The van der Waals surface area contributed by atoms with Crippen molar-refractivity contribution in [2.45, 2.75) is 70.6 Å². The third-order valence-electron chi connectivity index (χ3n) is 5.48. The first kappa shape index (κ1) is 17.3. The van der Waals surface area contributed by atoms with Crippen LogP contribution in [0, 0.1) is 24.7 Å². The zero-order valence-corrected chi connectivity index (χ0v) is 14.8. The number of nitrogens with two attached hydrogens (primary N) is 1. The van der Waals surface area contributed by atoms with Crippen LogP contribution < -0.4 is 11.3 Å². The van der Waals surface area contributed by atoms with Crippen molar-refractivity contribution in [2.75, 3.05) is 6.61 Å². The number of ether oxygens (including phenoxy) is 1. The van der Waals surface area contributed by atoms with E-state index in [2.05, 4.69) is 17.9 Å². The zero-order chi connectivity index (χ0) is 17.1. The molecule has 1 aromatic heterocycles. The van der Waals surface area contributed by atoms with E-state index in [0.29, 0.717) is 12.5 Å². The van der Waals surface area contributed by atoms with Crippen molar-refractivity contribution >= 4 is 0 Å². The van der Waals surface area contributed by atoms with Crippen molar-refractivity contribution < 1.29 is 4.74 Å². The summed E-state index contributed by atoms with van der Waals surface area (Å²) in [4.78, 5) is 12.6. The molecule has 1 fully saturated rings. The minimum Gasteiger partial charge on any atom is -0.376 e. The average molecular weight is 328 g/mol. The number of hydrogen-bond acceptors (Lipinski definition) is 3. The highest BCUT2D eigenvalue weighted by molar-refractivity contribution is 5.18. The van der Waals surface area contributed by atoms with Crippen molar-refractivity contribution in [3.05, 3.63) is 33.7 Å². The van der Waals surface area contributed by atoms with E-state index in [9.17, 15) is 4.79 Å². The molecular weight excluding hydrogens is 300 g/mol. The summed E-state index contributed by atoms with van der Waals surface area (Å²) in [5, 5.41) is 0. The van der Waals surface area contributed by atoms with Gasteiger partial charge >= 0.3 is 0 Å². The van der Waals surface area contributed by atoms with Gasteiger partial charge in [-0.3, -0.25) is 4.79 Å². The lowest BCUT2D eigenvalue weighted by molar-refractivity contribution is -0.00190. The molecule has 0 bridgehead atoms. The molecule has 24 heavy (non-hydrogen) atoms. The SMILES string of the molecule is CC#CC1CCC(OC[C@H]2[C@@H](N)CCc3ccc(C)c(=O)n32)CC1. The maximum absolute atomic E-state index is 12.6. The van der Waals surface area contributed by atoms with Gasteiger partial charge in [0, 0.05) is 23.2 Å². The summed E-state index contributed by atoms with van der Waals surface area (Å²) in [6, 6.07) is 3.91. The van der Waals surface area contributed by atoms with Crippen LogP contribution in [0.15, 0.2) is 16.9 Å². The second kappa shape index (κ2) is 7.55. The number of pyridine rings is 1. The molecule has 2 N–H and O–H groups in total. The van der Waals surface area contributed by atoms with Gasteiger partial charge in [0.25, 0.3) is 5.56 Å². The minimum absolute atomic E-state index is 0.0145. The Balaban J connectivity index is 1.67. The molecule has 2 heterocycles. The Morgan fingerprint density at radius 1 is 1.25 bits per heavy atom. The van der Waals surface area contributed by atoms with Crippen molar-refractivity contribution in [3.8, 4) is 11.8 Å². The lowest BCUT2D eigenvalue weighted by Gasteiger charge is -2.35. The molecule has 0 unspecified atom stereocenters. The molecule has 0 saturated heterocycles. The van der Waals surface area contributed by atoms with Crippen LogP contribution in [-0.4, -0.2) is 23.3 Å². The third kappa shape index (κ3) is 3.58. The first-order valence-corrected chi connectivity index (χ1v) is 9.10. The number of fused-ring (bicyclic) bond motifs is 1. The molecule has 3 rings (SSSR count). The van der Waals surface area contributed by atoms with Gasteiger partial charge in [-0.15, -0.1) is 11.8 Å². The lowest BCUT2D eigenvalue weighted by Crippen LogP contribution is -2.46. The average Bonchev–Trinajstić information content (AvgIpc) is 2.59. The number of rotatable bonds is 3. The third-order valence-corrected chi connectivity index (χ3v) is 5.48. The van der Waals surface area contributed by atoms with Crippen molar-refractivity contribution in [3.63, 3.8) is 0 Å². The van der Waals surface area contributed by atoms with Crippen molar-refractivity contribution in [1.82, 2.24) is 4.57 Å². The molecule has 4 nitrogen and oxygen atoms in total. The monoisotopic (exact) mass is 328 g/mol. The predicted molar refractivity (Wildman–Crippen MR) is 95.9 cm³/mol. The second-order valence-electron chi connectivity index (χ2n) is 7.15. The van der Waals surface area contributed by atoms with Gasteiger partial charge in [-0.2, -0.15) is 0 Å². The van der Waals surface area contributed by atoms with Crippen LogP contribution in [-0.2, 0) is 11.2 Å². The summed E-state index contributed by atoms with van der Waals surface area (Å²) in [5.74, 6) is 6.82. The Hall–Kier alpha value is -1.57. The summed E-state index contributed by atoms with van der Waals surface area (Å²) in [6.07, 6.45) is 6.38. The van der Waals surface area contributed by atoms with Crippen LogP contribution >= 0.6 is 0 Å². The molecule has 4 heteroatoms. The van der Waals surface area contributed by atoms with Gasteiger partial charge in [0.05, 0.1) is 18.8 Å². The Morgan fingerprint density at radius 3 is 2.71 bits per heavy atom. The lowest BCUT2D eigenvalue weighted by atomic mass is 9.88. The maximum atomic E-state index is 12.6. The molecule has 2 aliphatic rings. The van der Waals surface area contributed by atoms with Crippen LogP contribution in [0.3, 0.4) is 0 Å². The Morgan fingerprint density at radius 2 is 2.00 bits per heavy atom. The minimum atomic E-state index is -0.0469. The van der Waals surface area contributed by atoms with Gasteiger partial charge in [0.1, 0.15) is 0 Å². The molecule has 1 saturated carbocycles. The molecule has 0 aromatic carbocycles. The fourth-order valence-electron chi connectivity index (χ4n) is 3.97. The Bertz CT molecular complexity index is 690. The summed E-state index contributed by atoms with van der Waals surface area (Å²) in [7, 11) is 0. The van der Waals surface area contributed by atoms with E-state index < -0.39 is 0 Å². The van der Waals surface area contributed by atoms with E-state index in [0.717, 1.165) is 49.8 Å². The summed E-state index contributed by atoms with van der Waals surface area (Å²) < 4.78 is 8.07. The van der Waals surface area contributed by atoms with Gasteiger partial charge in [0.15, 0.2) is 0 Å². The fourth-order valence-corrected chi connectivity index (χ4v) is 3.97. The largest absolute Gasteiger partial charge is 0.376 e. The van der Waals surface area contributed by atoms with E-state index in [1.807, 2.05) is 24.5 Å². The van der Waals surface area contributed by atoms with Gasteiger partial charge in [-0.25, -0.2) is 0 Å². The summed E-state index contributed by atoms with van der Waals surface area (Å²) in [5.41, 5.74) is 8.27. The van der Waals surface area contributed by atoms with Crippen LogP contribution in [0.25, 0.3) is 0 Å². The molecule has 0 spiro atoms. The smallest absolute Gasteiger partial charge is 0.254 e. The molecule has 0 amide bonds. The first-order valence-electron chi connectivity index (χ1n) is 9.10. The van der Waals surface area contributed by atoms with E-state index in [1.165, 1.54) is 0 Å². The zero-order valence-electron chi connectivity index (χ0n) is 14.8. The normalized spacial score (nSPS) is 29.5. The van der Waals surface area contributed by atoms with Gasteiger partial charge in [-0.05, 0) is 58.4 Å². The van der Waals surface area contributed by atoms with E-state index >= 15 is 0 Å². The molecule has 1 aliphatic heterocycles. The maximum Gasteiger partial charge on any atom is 0.254 e. The molecule has 2 atom stereocenters. The first-order chi connectivity index (χ1) is 11.6. The van der Waals surface area contributed by atoms with E-state index in [-0.39, 0.29) is 23.7 Å². The van der Waals surface area contributed by atoms with Crippen LogP contribution in [0.5, 0.6) is 0 Å². The second-order valence-corrected chi connectivity index (χ2v) is 7.15. The van der Waals surface area contributed by atoms with Crippen LogP contribution in [0.1, 0.15) is 56.3 Å². The van der Waals surface area contributed by atoms with Gasteiger partial charge in [-0.1, -0.05) is 6.07 Å². The Labute approximate surface area is 144 Å². The quantitative estimate of drug-likeness (QED) is 0.868. The fraction of sp³-hybridized carbons (Fsp3) is 0.650. The molecule has 1 aromatic rings. The highest BCUT2D eigenvalue weighted by atomic mass is 16.5. The highest BCUT2D eigenvalue weighted by Crippen LogP contribution is 2.28. The number of nitrogens with zero attached hydrogens (tertiary/aromatic N) is 1. The molecule has 130 valence electrons. The van der Waals surface area contributed by atoms with Gasteiger partial charge in [0.2, 0.25) is 0 Å². The van der Waals surface area contributed by atoms with Crippen molar-refractivity contribution in [2.24, 2.45) is 11.7 Å². The standard InChI is InChI=1S/C20H28N2O2/c1-3-4-15-6-10-17(11-7-15)24-13-19-18(21)12-9-16-8-5-14(2)20(23)22(16)19/h5,8,15,17-19H,6-7,9-13,21H2,1-2H3/t15?,17?,18-,19-/m0/s1. The molecular formula is C20H28N2O2. The predicted octanol–water partition coefficient (Wildman–Crippen LogP) is 2.57. The number of hydrogen-bond donors (Lipinski definition) is 1. The van der Waals surface area contributed by atoms with Crippen LogP contribution in [0.4, 0.5) is 0 Å². The van der Waals surface area contributed by atoms with Crippen molar-refractivity contribution in [1.29, 1.82) is 0 Å². The molecule has 0 radical (unpaired) electrons. The van der Waals surface area contributed by atoms with Gasteiger partial charge < -0.3 is 15.0 Å². The Kier molecular flexibility index (Phi) is 5.43. The molecule has 1 aliphatic carbocycles. The topological polar surface area (TPSA) is 57.2 Å². The van der Waals surface area contributed by atoms with E-state index in [4.69, 9.17) is 10.5 Å². The summed E-state index contributed by atoms with van der Waals surface area (Å²) in [6.45, 7) is 4.31.